The number of ether oxygens (including phenoxy) is 15. The van der Waals surface area contributed by atoms with Crippen molar-refractivity contribution in [3.63, 3.8) is 0 Å². The molecule has 6 saturated heterocycles. The Bertz CT molecular complexity index is 4750. The standard InChI is InChI=1S/C78H88O45/c1-27-53(90)60(97)66(103)73(111-27)110-26-49-58(95)64(101)70(107)77(121-49)117-44-21-33-34(81)19-32(20-43(33)113-71(44)31-17-38(85)54(91)39(86)18-31)112-74-67(104)63(100)57(94)47(120-74)24-108-50(87)11-6-29-4-10-42(37(84)15-29)116-78-72(123-52(89)13-7-30-3-9-41(36(83)16-30)115-76-69(106)62(99)56(93)46(23-80)119-76)65(102)59(96)48(122-78)25-109-51(88)12-5-28-2-8-40(35(82)14-28)114-75-68(105)61(98)55(92)45(22-79)118-75/h2-21,27,45-49,53,55-70,72-80,90,92-107H,22-26H2,1H3,(H6-,81,82,83,84,85,86,91)/p+1/b11-6+,12-5+,13-7+/t27-,45+,46+,47+,48+,49+,53-,55+,56+,57+,58+,59+,60+,61-,62-,63-,64-,65-,66+,67+,68+,69+,70+,72+,73+,74+,75+,76+,77+,78+/m0/s1. The molecule has 7 heterocycles. The van der Waals surface area contributed by atoms with Gasteiger partial charge >= 0.3 is 29.3 Å². The average Bonchev–Trinajstić information content (AvgIpc) is 0.761. The largest absolute Gasteiger partial charge is 0.507 e. The summed E-state index contributed by atoms with van der Waals surface area (Å²) in [4.78, 5) is 40.0. The predicted octanol–water partition coefficient (Wildman–Crippen LogP) is -6.14. The van der Waals surface area contributed by atoms with Crippen LogP contribution in [-0.4, -0.2) is 368 Å². The Morgan fingerprint density at radius 1 is 0.358 bits per heavy atom. The van der Waals surface area contributed by atoms with E-state index in [2.05, 4.69) is 0 Å². The fraction of sp³-hybridized carbons (Fsp3) is 0.462. The predicted molar refractivity (Wildman–Crippen MR) is 399 cm³/mol. The second-order valence-corrected chi connectivity index (χ2v) is 29.1. The highest BCUT2D eigenvalue weighted by molar-refractivity contribution is 5.90. The van der Waals surface area contributed by atoms with Crippen LogP contribution in [0.1, 0.15) is 23.6 Å². The van der Waals surface area contributed by atoms with Gasteiger partial charge in [-0.3, -0.25) is 0 Å². The number of benzene rings is 5. The number of phenolic OH excluding ortho intramolecular Hbond substituents is 7. The van der Waals surface area contributed by atoms with Crippen LogP contribution in [0.25, 0.3) is 40.5 Å². The molecule has 0 saturated carbocycles. The number of rotatable bonds is 27. The van der Waals surface area contributed by atoms with Gasteiger partial charge in [0.1, 0.15) is 164 Å². The van der Waals surface area contributed by atoms with Crippen LogP contribution in [-0.2, 0) is 61.8 Å². The lowest BCUT2D eigenvalue weighted by Gasteiger charge is -2.42. The van der Waals surface area contributed by atoms with E-state index in [-0.39, 0.29) is 44.7 Å². The molecule has 123 heavy (non-hydrogen) atoms. The molecule has 45 nitrogen and oxygen atoms in total. The van der Waals surface area contributed by atoms with E-state index < -0.39 is 298 Å². The quantitative estimate of drug-likeness (QED) is 0.00750. The third-order valence-electron chi connectivity index (χ3n) is 20.5. The molecular formula is C78H89O45+. The summed E-state index contributed by atoms with van der Waals surface area (Å²) >= 11 is 0. The monoisotopic (exact) mass is 1750 g/mol. The molecule has 0 amide bonds. The van der Waals surface area contributed by atoms with Crippen molar-refractivity contribution in [3.05, 3.63) is 120 Å². The van der Waals surface area contributed by atoms with Gasteiger partial charge < -0.3 is 204 Å². The van der Waals surface area contributed by atoms with Crippen LogP contribution in [0.2, 0.25) is 0 Å². The van der Waals surface area contributed by atoms with Crippen molar-refractivity contribution in [1.29, 1.82) is 0 Å². The third kappa shape index (κ3) is 20.7. The molecule has 6 fully saturated rings. The summed E-state index contributed by atoms with van der Waals surface area (Å²) in [6.45, 7) is -2.59. The number of hydrogen-bond acceptors (Lipinski definition) is 44. The zero-order chi connectivity index (χ0) is 89.0. The van der Waals surface area contributed by atoms with Crippen LogP contribution < -0.4 is 23.7 Å². The maximum atomic E-state index is 13.6. The highest BCUT2D eigenvalue weighted by Gasteiger charge is 2.53. The molecule has 1 aromatic heterocycles. The SMILES string of the molecule is C[C@@H]1O[C@@H](OC[C@H]2O[C@@H](Oc3cc4c(O)cc(O[C@@H]5O[C@H](COC(=O)/C=C/c6ccc(O[C@@H]7O[C@H](COC(=O)/C=C/c8ccc(O[C@@H]9O[C@H](CO)[C@@H](O)[C@H](O)[C@H]9O)c(O)c8)[C@@H](O)[C@H](O)[C@H]7OC(=O)/C=C/c7ccc(O[C@@H]8O[C@H](CO)[C@@H](O)[C@H](O)[C@H]8O)c(O)c7)c(O)c6)[C@@H](O)[C@H](O)[C@H]5O)cc4[o+]c3-c3cc(O)c(O)c(O)c3)[C@H](O)[C@@H](O)[C@@H]2O)[C@H](O)[C@H](O)[C@H]1O. The van der Waals surface area contributed by atoms with Crippen LogP contribution in [0.15, 0.2) is 108 Å². The number of phenols is 7. The van der Waals surface area contributed by atoms with Gasteiger partial charge in [0.2, 0.25) is 37.2 Å². The van der Waals surface area contributed by atoms with Gasteiger partial charge in [-0.2, -0.15) is 0 Å². The van der Waals surface area contributed by atoms with Gasteiger partial charge in [-0.15, -0.1) is 0 Å². The minimum Gasteiger partial charge on any atom is -0.507 e. The van der Waals surface area contributed by atoms with E-state index in [1.165, 1.54) is 31.2 Å². The summed E-state index contributed by atoms with van der Waals surface area (Å²) in [6.07, 6.45) is -47.8. The fourth-order valence-electron chi connectivity index (χ4n) is 13.4. The number of aliphatic hydroxyl groups excluding tert-OH is 19. The minimum absolute atomic E-state index is 0.0407. The van der Waals surface area contributed by atoms with Gasteiger partial charge in [0.05, 0.1) is 37.6 Å². The van der Waals surface area contributed by atoms with Crippen molar-refractivity contribution >= 4 is 47.1 Å². The smallest absolute Gasteiger partial charge is 0.402 e. The summed E-state index contributed by atoms with van der Waals surface area (Å²) in [7, 11) is 0. The molecule has 30 atom stereocenters. The minimum atomic E-state index is -2.15. The maximum absolute atomic E-state index is 13.6. The molecule has 670 valence electrons. The number of carbonyl (C=O) groups excluding carboxylic acids is 3. The van der Waals surface area contributed by atoms with E-state index in [0.717, 1.165) is 97.1 Å². The molecule has 26 N–H and O–H groups in total. The summed E-state index contributed by atoms with van der Waals surface area (Å²) in [5.41, 5.74) is -0.342. The van der Waals surface area contributed by atoms with Crippen molar-refractivity contribution in [2.45, 2.75) is 191 Å². The number of aliphatic hydroxyl groups is 19. The Morgan fingerprint density at radius 2 is 0.732 bits per heavy atom. The molecule has 0 unspecified atom stereocenters. The fourth-order valence-corrected chi connectivity index (χ4v) is 13.4. The van der Waals surface area contributed by atoms with E-state index in [0.29, 0.717) is 0 Å². The number of esters is 3. The highest BCUT2D eigenvalue weighted by atomic mass is 16.8. The van der Waals surface area contributed by atoms with Crippen molar-refractivity contribution in [2.24, 2.45) is 0 Å². The first-order chi connectivity index (χ1) is 58.4. The van der Waals surface area contributed by atoms with Crippen LogP contribution in [0.3, 0.4) is 0 Å². The summed E-state index contributed by atoms with van der Waals surface area (Å²) in [5, 5.41) is 276. The van der Waals surface area contributed by atoms with E-state index >= 15 is 0 Å². The highest BCUT2D eigenvalue weighted by Crippen LogP contribution is 2.47. The number of carbonyl (C=O) groups is 3. The Labute approximate surface area is 691 Å². The van der Waals surface area contributed by atoms with E-state index in [1.807, 2.05) is 0 Å². The maximum Gasteiger partial charge on any atom is 0.402 e. The van der Waals surface area contributed by atoms with Crippen molar-refractivity contribution in [1.82, 2.24) is 0 Å². The number of aromatic hydroxyl groups is 7. The average molecular weight is 1750 g/mol. The summed E-state index contributed by atoms with van der Waals surface area (Å²) in [5.74, 6) is -11.4. The zero-order valence-corrected chi connectivity index (χ0v) is 63.8. The van der Waals surface area contributed by atoms with Gasteiger partial charge in [0, 0.05) is 42.5 Å². The molecule has 45 heteroatoms. The zero-order valence-electron chi connectivity index (χ0n) is 63.8. The molecule has 0 radical (unpaired) electrons. The van der Waals surface area contributed by atoms with Crippen molar-refractivity contribution in [2.75, 3.05) is 33.0 Å². The normalized spacial score (nSPS) is 34.2. The molecule has 12 rings (SSSR count). The van der Waals surface area contributed by atoms with Crippen LogP contribution in [0.4, 0.5) is 0 Å². The summed E-state index contributed by atoms with van der Waals surface area (Å²) < 4.78 is 90.0. The molecule has 0 spiro atoms. The van der Waals surface area contributed by atoms with Crippen molar-refractivity contribution in [3.8, 4) is 80.3 Å². The van der Waals surface area contributed by atoms with E-state index in [4.69, 9.17) is 75.5 Å². The van der Waals surface area contributed by atoms with Crippen LogP contribution >= 0.6 is 0 Å². The molecule has 0 aliphatic carbocycles. The van der Waals surface area contributed by atoms with E-state index in [1.54, 1.807) is 0 Å². The topological polar surface area (TPSA) is 727 Å². The summed E-state index contributed by atoms with van der Waals surface area (Å²) in [6, 6.07) is 15.3. The Hall–Kier alpha value is -10.3. The first-order valence-electron chi connectivity index (χ1n) is 37.5. The van der Waals surface area contributed by atoms with E-state index in [9.17, 15) is 147 Å². The van der Waals surface area contributed by atoms with Gasteiger partial charge in [-0.25, -0.2) is 18.8 Å². The molecule has 0 bridgehead atoms. The van der Waals surface area contributed by atoms with Gasteiger partial charge in [-0.1, -0.05) is 18.2 Å². The first kappa shape index (κ1) is 91.9. The van der Waals surface area contributed by atoms with Gasteiger partial charge in [-0.05, 0) is 78.2 Å². The lowest BCUT2D eigenvalue weighted by Crippen LogP contribution is -2.61. The number of hydrogen-bond donors (Lipinski definition) is 26. The van der Waals surface area contributed by atoms with Gasteiger partial charge in [0.15, 0.2) is 64.1 Å². The second kappa shape index (κ2) is 39.3. The molecule has 6 aromatic rings. The Kier molecular flexibility index (Phi) is 29.3. The third-order valence-corrected chi connectivity index (χ3v) is 20.5. The van der Waals surface area contributed by atoms with Crippen molar-refractivity contribution < 1.29 is 223 Å². The first-order valence-corrected chi connectivity index (χ1v) is 37.5. The van der Waals surface area contributed by atoms with Crippen LogP contribution in [0.5, 0.6) is 69.0 Å². The molecular weight excluding hydrogens is 1660 g/mol. The lowest BCUT2D eigenvalue weighted by atomic mass is 9.98. The molecule has 5 aromatic carbocycles. The Morgan fingerprint density at radius 3 is 1.18 bits per heavy atom. The molecule has 6 aliphatic heterocycles. The second-order valence-electron chi connectivity index (χ2n) is 29.1. The van der Waals surface area contributed by atoms with Gasteiger partial charge in [0.25, 0.3) is 0 Å². The van der Waals surface area contributed by atoms with Crippen LogP contribution in [0, 0.1) is 0 Å². The number of fused-ring (bicyclic) bond motifs is 1. The molecule has 6 aliphatic rings. The Balaban J connectivity index is 0.703. The lowest BCUT2D eigenvalue weighted by molar-refractivity contribution is -0.318.